The fraction of sp³-hybridized carbons (Fsp3) is 0.635. The lowest BCUT2D eigenvalue weighted by atomic mass is 10.1. The van der Waals surface area contributed by atoms with Crippen molar-refractivity contribution in [3.63, 3.8) is 0 Å². The summed E-state index contributed by atoms with van der Waals surface area (Å²) < 4.78 is 16.8. The van der Waals surface area contributed by atoms with Crippen LogP contribution in [0.1, 0.15) is 239 Å². The molecule has 0 aromatic heterocycles. The van der Waals surface area contributed by atoms with Crippen molar-refractivity contribution in [2.45, 2.75) is 245 Å². The molecular weight excluding hydrogens is 853 g/mol. The van der Waals surface area contributed by atoms with Crippen molar-refractivity contribution in [1.29, 1.82) is 0 Å². The highest BCUT2D eigenvalue weighted by atomic mass is 16.6. The molecule has 0 radical (unpaired) electrons. The molecule has 69 heavy (non-hydrogen) atoms. The Balaban J connectivity index is 4.52. The van der Waals surface area contributed by atoms with Gasteiger partial charge in [-0.05, 0) is 116 Å². The normalized spacial score (nSPS) is 13.0. The SMILES string of the molecule is CC/C=C\C/C=C\C/C=C\C/C=C\C/C=C\C/C=C\CCC(=O)OCC(COC(=O)CCCCCCC/C=C\C/C=C\CCC)OC(=O)CCCCCCCCCCC/C=C\C/C=C\CCCCC. The van der Waals surface area contributed by atoms with E-state index in [1.54, 1.807) is 0 Å². The van der Waals surface area contributed by atoms with E-state index in [0.29, 0.717) is 19.3 Å². The lowest BCUT2D eigenvalue weighted by Gasteiger charge is -2.18. The Morgan fingerprint density at radius 1 is 0.304 bits per heavy atom. The van der Waals surface area contributed by atoms with E-state index in [9.17, 15) is 14.4 Å². The molecule has 0 aliphatic carbocycles. The van der Waals surface area contributed by atoms with Gasteiger partial charge in [-0.25, -0.2) is 0 Å². The van der Waals surface area contributed by atoms with E-state index in [4.69, 9.17) is 14.2 Å². The van der Waals surface area contributed by atoms with Crippen LogP contribution < -0.4 is 0 Å². The van der Waals surface area contributed by atoms with Gasteiger partial charge in [0.1, 0.15) is 13.2 Å². The first-order valence-electron chi connectivity index (χ1n) is 28.0. The number of hydrogen-bond donors (Lipinski definition) is 0. The molecule has 0 saturated heterocycles. The molecule has 1 unspecified atom stereocenters. The summed E-state index contributed by atoms with van der Waals surface area (Å²) in [5.41, 5.74) is 0. The third kappa shape index (κ3) is 54.6. The van der Waals surface area contributed by atoms with E-state index >= 15 is 0 Å². The van der Waals surface area contributed by atoms with E-state index in [2.05, 4.69) is 136 Å². The molecule has 0 aliphatic heterocycles. The fourth-order valence-electron chi connectivity index (χ4n) is 7.24. The number of rotatable bonds is 49. The highest BCUT2D eigenvalue weighted by Crippen LogP contribution is 2.14. The Labute approximate surface area is 424 Å². The predicted octanol–water partition coefficient (Wildman–Crippen LogP) is 18.9. The maximum atomic E-state index is 12.9. The van der Waals surface area contributed by atoms with Gasteiger partial charge >= 0.3 is 17.9 Å². The Morgan fingerprint density at radius 2 is 0.623 bits per heavy atom. The molecule has 0 saturated carbocycles. The second kappa shape index (κ2) is 56.4. The third-order valence-electron chi connectivity index (χ3n) is 11.4. The van der Waals surface area contributed by atoms with Gasteiger partial charge in [0.05, 0.1) is 0 Å². The molecular formula is C63H102O6. The van der Waals surface area contributed by atoms with Crippen LogP contribution in [0.25, 0.3) is 0 Å². The van der Waals surface area contributed by atoms with Crippen LogP contribution in [0.4, 0.5) is 0 Å². The molecule has 0 amide bonds. The first-order valence-corrected chi connectivity index (χ1v) is 28.0. The maximum absolute atomic E-state index is 12.9. The number of ether oxygens (including phenoxy) is 3. The van der Waals surface area contributed by atoms with Gasteiger partial charge in [0.25, 0.3) is 0 Å². The fourth-order valence-corrected chi connectivity index (χ4v) is 7.24. The Kier molecular flexibility index (Phi) is 53.0. The van der Waals surface area contributed by atoms with Gasteiger partial charge in [-0.3, -0.25) is 14.4 Å². The van der Waals surface area contributed by atoms with Crippen molar-refractivity contribution in [3.05, 3.63) is 122 Å². The number of unbranched alkanes of at least 4 members (excludes halogenated alkanes) is 18. The summed E-state index contributed by atoms with van der Waals surface area (Å²) in [5.74, 6) is -1.02. The van der Waals surface area contributed by atoms with Crippen molar-refractivity contribution >= 4 is 17.9 Å². The molecule has 0 bridgehead atoms. The van der Waals surface area contributed by atoms with E-state index in [0.717, 1.165) is 116 Å². The van der Waals surface area contributed by atoms with Crippen LogP contribution in [0, 0.1) is 0 Å². The van der Waals surface area contributed by atoms with Crippen molar-refractivity contribution < 1.29 is 28.6 Å². The average molecular weight is 956 g/mol. The van der Waals surface area contributed by atoms with E-state index in [1.807, 2.05) is 6.08 Å². The molecule has 0 rings (SSSR count). The van der Waals surface area contributed by atoms with Gasteiger partial charge in [-0.1, -0.05) is 226 Å². The third-order valence-corrected chi connectivity index (χ3v) is 11.4. The summed E-state index contributed by atoms with van der Waals surface area (Å²) in [5, 5.41) is 0. The molecule has 0 N–H and O–H groups in total. The number of hydrogen-bond acceptors (Lipinski definition) is 6. The Hall–Kier alpha value is -4.19. The Morgan fingerprint density at radius 3 is 1.03 bits per heavy atom. The second-order valence-corrected chi connectivity index (χ2v) is 18.1. The van der Waals surface area contributed by atoms with Crippen molar-refractivity contribution in [3.8, 4) is 0 Å². The minimum absolute atomic E-state index is 0.113. The van der Waals surface area contributed by atoms with E-state index < -0.39 is 6.10 Å². The molecule has 6 heteroatoms. The van der Waals surface area contributed by atoms with Gasteiger partial charge in [-0.2, -0.15) is 0 Å². The van der Waals surface area contributed by atoms with Crippen LogP contribution in [0.3, 0.4) is 0 Å². The van der Waals surface area contributed by atoms with Crippen molar-refractivity contribution in [2.75, 3.05) is 13.2 Å². The van der Waals surface area contributed by atoms with Gasteiger partial charge in [0, 0.05) is 19.3 Å². The van der Waals surface area contributed by atoms with Crippen molar-refractivity contribution in [2.24, 2.45) is 0 Å². The average Bonchev–Trinajstić information content (AvgIpc) is 3.35. The molecule has 1 atom stereocenters. The van der Waals surface area contributed by atoms with Gasteiger partial charge in [0.15, 0.2) is 6.10 Å². The molecule has 0 aliphatic rings. The molecule has 0 spiro atoms. The molecule has 0 fully saturated rings. The number of carbonyl (C=O) groups excluding carboxylic acids is 3. The van der Waals surface area contributed by atoms with E-state index in [-0.39, 0.29) is 37.5 Å². The highest BCUT2D eigenvalue weighted by molar-refractivity contribution is 5.71. The van der Waals surface area contributed by atoms with Gasteiger partial charge < -0.3 is 14.2 Å². The molecule has 0 aromatic rings. The van der Waals surface area contributed by atoms with Crippen LogP contribution in [0.2, 0.25) is 0 Å². The number of esters is 3. The number of carbonyl (C=O) groups is 3. The summed E-state index contributed by atoms with van der Waals surface area (Å²) in [4.78, 5) is 38.1. The predicted molar refractivity (Wildman–Crippen MR) is 297 cm³/mol. The van der Waals surface area contributed by atoms with Crippen molar-refractivity contribution in [1.82, 2.24) is 0 Å². The second-order valence-electron chi connectivity index (χ2n) is 18.1. The molecule has 0 aromatic carbocycles. The van der Waals surface area contributed by atoms with Crippen LogP contribution in [-0.2, 0) is 28.6 Å². The smallest absolute Gasteiger partial charge is 0.306 e. The summed E-state index contributed by atoms with van der Waals surface area (Å²) >= 11 is 0. The summed E-state index contributed by atoms with van der Waals surface area (Å²) in [6, 6.07) is 0. The quantitative estimate of drug-likeness (QED) is 0.0262. The first-order chi connectivity index (χ1) is 34.0. The summed E-state index contributed by atoms with van der Waals surface area (Å²) in [6.07, 6.45) is 77.7. The zero-order valence-electron chi connectivity index (χ0n) is 44.5. The van der Waals surface area contributed by atoms with Crippen LogP contribution in [0.15, 0.2) is 122 Å². The van der Waals surface area contributed by atoms with Gasteiger partial charge in [-0.15, -0.1) is 0 Å². The maximum Gasteiger partial charge on any atom is 0.306 e. The number of allylic oxidation sites excluding steroid dienone is 20. The zero-order chi connectivity index (χ0) is 50.0. The minimum Gasteiger partial charge on any atom is -0.462 e. The van der Waals surface area contributed by atoms with Crippen LogP contribution in [0.5, 0.6) is 0 Å². The lowest BCUT2D eigenvalue weighted by Crippen LogP contribution is -2.30. The molecule has 6 nitrogen and oxygen atoms in total. The van der Waals surface area contributed by atoms with E-state index in [1.165, 1.54) is 77.0 Å². The monoisotopic (exact) mass is 955 g/mol. The van der Waals surface area contributed by atoms with Crippen LogP contribution >= 0.6 is 0 Å². The topological polar surface area (TPSA) is 78.9 Å². The first kappa shape index (κ1) is 64.8. The highest BCUT2D eigenvalue weighted by Gasteiger charge is 2.19. The largest absolute Gasteiger partial charge is 0.462 e. The lowest BCUT2D eigenvalue weighted by molar-refractivity contribution is -0.166. The summed E-state index contributed by atoms with van der Waals surface area (Å²) in [7, 11) is 0. The Bertz CT molecular complexity index is 1470. The summed E-state index contributed by atoms with van der Waals surface area (Å²) in [6.45, 7) is 6.35. The standard InChI is InChI=1S/C63H102O6/c1-4-7-10-13-16-19-22-25-27-29-31-33-35-38-41-44-47-50-53-56-62(65)68-59-60(58-67-61(64)55-52-49-46-43-40-37-24-21-18-15-12-9-6-3)69-63(66)57-54-51-48-45-42-39-36-34-32-30-28-26-23-20-17-14-11-8-5-2/h7,10,12,15-17,19-21,24-28,31,33,38,41,47,50,60H,4-6,8-9,11,13-14,18,22-23,29-30,32,34-37,39-40,42-46,48-49,51-59H2,1-3H3/b10-7-,15-12-,19-16-,20-17-,24-21-,27-25-,28-26-,33-31-,41-38-,50-47-. The molecule has 0 heterocycles. The minimum atomic E-state index is -0.820. The zero-order valence-corrected chi connectivity index (χ0v) is 44.5. The van der Waals surface area contributed by atoms with Crippen LogP contribution in [-0.4, -0.2) is 37.2 Å². The molecule has 390 valence electrons. The van der Waals surface area contributed by atoms with Gasteiger partial charge in [0.2, 0.25) is 0 Å².